The minimum Gasteiger partial charge on any atom is -0.494 e. The first-order valence-corrected chi connectivity index (χ1v) is 5.24. The molecule has 0 unspecified atom stereocenters. The predicted molar refractivity (Wildman–Crippen MR) is 58.2 cm³/mol. The third-order valence-corrected chi connectivity index (χ3v) is 2.61. The van der Waals surface area contributed by atoms with Crippen molar-refractivity contribution in [3.63, 3.8) is 0 Å². The highest BCUT2D eigenvalue weighted by atomic mass is 19.1. The monoisotopic (exact) mass is 244 g/mol. The van der Waals surface area contributed by atoms with E-state index in [1.807, 2.05) is 0 Å². The lowest BCUT2D eigenvalue weighted by Crippen LogP contribution is -2.08. The summed E-state index contributed by atoms with van der Waals surface area (Å²) in [6.45, 7) is 1.73. The Kier molecular flexibility index (Phi) is 4.43. The zero-order chi connectivity index (χ0) is 13.0. The first-order valence-electron chi connectivity index (χ1n) is 5.24. The van der Waals surface area contributed by atoms with Gasteiger partial charge in [-0.2, -0.15) is 0 Å². The van der Waals surface area contributed by atoms with Crippen molar-refractivity contribution in [2.75, 3.05) is 7.11 Å². The highest BCUT2D eigenvalue weighted by molar-refractivity contribution is 5.68. The molecule has 0 aliphatic heterocycles. The third kappa shape index (κ3) is 3.15. The minimum atomic E-state index is -1.04. The number of rotatable bonds is 5. The molecule has 94 valence electrons. The van der Waals surface area contributed by atoms with E-state index in [4.69, 9.17) is 9.84 Å². The van der Waals surface area contributed by atoms with E-state index in [1.165, 1.54) is 7.11 Å². The zero-order valence-electron chi connectivity index (χ0n) is 9.67. The van der Waals surface area contributed by atoms with Gasteiger partial charge in [-0.25, -0.2) is 8.78 Å². The Morgan fingerprint density at radius 1 is 1.47 bits per heavy atom. The summed E-state index contributed by atoms with van der Waals surface area (Å²) in [6, 6.07) is 1.96. The number of halogens is 2. The maximum atomic E-state index is 13.9. The van der Waals surface area contributed by atoms with Gasteiger partial charge in [0, 0.05) is 6.07 Å². The van der Waals surface area contributed by atoms with E-state index < -0.39 is 23.5 Å². The number of hydrogen-bond donors (Lipinski definition) is 1. The van der Waals surface area contributed by atoms with Gasteiger partial charge < -0.3 is 9.84 Å². The molecular formula is C12H14F2O3. The summed E-state index contributed by atoms with van der Waals surface area (Å²) in [4.78, 5) is 10.6. The molecule has 0 aromatic heterocycles. The Balaban J connectivity index is 3.18. The van der Waals surface area contributed by atoms with Crippen LogP contribution in [0.25, 0.3) is 0 Å². The van der Waals surface area contributed by atoms with Crippen LogP contribution in [0.1, 0.15) is 31.2 Å². The summed E-state index contributed by atoms with van der Waals surface area (Å²) in [6.07, 6.45) is 0.176. The van der Waals surface area contributed by atoms with Gasteiger partial charge in [0.15, 0.2) is 11.6 Å². The van der Waals surface area contributed by atoms with Gasteiger partial charge in [0.1, 0.15) is 5.82 Å². The Bertz CT molecular complexity index is 418. The van der Waals surface area contributed by atoms with Crippen molar-refractivity contribution in [3.8, 4) is 5.75 Å². The average Bonchev–Trinajstić information content (AvgIpc) is 2.28. The Morgan fingerprint density at radius 2 is 2.12 bits per heavy atom. The summed E-state index contributed by atoms with van der Waals surface area (Å²) in [5.41, 5.74) is 0.0479. The van der Waals surface area contributed by atoms with Crippen LogP contribution in [0.5, 0.6) is 5.75 Å². The van der Waals surface area contributed by atoms with Crippen LogP contribution < -0.4 is 4.74 Å². The molecule has 0 amide bonds. The molecule has 0 saturated carbocycles. The Hall–Kier alpha value is -1.65. The highest BCUT2D eigenvalue weighted by Crippen LogP contribution is 2.31. The minimum absolute atomic E-state index is 0.0479. The molecule has 1 aromatic rings. The van der Waals surface area contributed by atoms with Crippen molar-refractivity contribution >= 4 is 5.97 Å². The molecule has 0 radical (unpaired) electrons. The van der Waals surface area contributed by atoms with Gasteiger partial charge in [0.25, 0.3) is 0 Å². The molecule has 1 aromatic carbocycles. The molecule has 1 rings (SSSR count). The summed E-state index contributed by atoms with van der Waals surface area (Å²) in [7, 11) is 1.24. The molecule has 0 saturated heterocycles. The number of aliphatic carboxylic acids is 1. The lowest BCUT2D eigenvalue weighted by Gasteiger charge is -2.15. The molecule has 0 fully saturated rings. The molecule has 3 nitrogen and oxygen atoms in total. The van der Waals surface area contributed by atoms with E-state index in [9.17, 15) is 13.6 Å². The van der Waals surface area contributed by atoms with Gasteiger partial charge in [0.2, 0.25) is 0 Å². The van der Waals surface area contributed by atoms with Crippen LogP contribution >= 0.6 is 0 Å². The van der Waals surface area contributed by atoms with Gasteiger partial charge in [-0.15, -0.1) is 0 Å². The van der Waals surface area contributed by atoms with Crippen LogP contribution in [0.2, 0.25) is 0 Å². The predicted octanol–water partition coefficient (Wildman–Crippen LogP) is 2.94. The fourth-order valence-corrected chi connectivity index (χ4v) is 1.72. The van der Waals surface area contributed by atoms with Crippen molar-refractivity contribution < 1.29 is 23.4 Å². The smallest absolute Gasteiger partial charge is 0.303 e. The standard InChI is InChI=1S/C12H14F2O3/c1-3-7(4-11(15)16)9-5-8(13)6-10(17-2)12(9)14/h5-7H,3-4H2,1-2H3,(H,15,16)/t7-/m1/s1. The number of methoxy groups -OCH3 is 1. The van der Waals surface area contributed by atoms with Gasteiger partial charge in [0.05, 0.1) is 13.5 Å². The Morgan fingerprint density at radius 3 is 2.59 bits per heavy atom. The van der Waals surface area contributed by atoms with Crippen LogP contribution in [0, 0.1) is 11.6 Å². The van der Waals surface area contributed by atoms with Crippen molar-refractivity contribution in [2.24, 2.45) is 0 Å². The number of hydrogen-bond acceptors (Lipinski definition) is 2. The van der Waals surface area contributed by atoms with E-state index >= 15 is 0 Å². The van der Waals surface area contributed by atoms with Crippen LogP contribution in [0.15, 0.2) is 12.1 Å². The van der Waals surface area contributed by atoms with E-state index in [-0.39, 0.29) is 17.7 Å². The average molecular weight is 244 g/mol. The molecule has 0 aliphatic carbocycles. The van der Waals surface area contributed by atoms with Gasteiger partial charge >= 0.3 is 5.97 Å². The zero-order valence-corrected chi connectivity index (χ0v) is 9.67. The highest BCUT2D eigenvalue weighted by Gasteiger charge is 2.21. The summed E-state index contributed by atoms with van der Waals surface area (Å²) < 4.78 is 31.8. The number of ether oxygens (including phenoxy) is 1. The summed E-state index contributed by atoms with van der Waals surface area (Å²) in [5.74, 6) is -3.13. The maximum Gasteiger partial charge on any atom is 0.303 e. The molecule has 0 aliphatic rings. The van der Waals surface area contributed by atoms with Crippen LogP contribution in [-0.2, 0) is 4.79 Å². The van der Waals surface area contributed by atoms with Crippen LogP contribution in [0.3, 0.4) is 0 Å². The van der Waals surface area contributed by atoms with Gasteiger partial charge in [-0.3, -0.25) is 4.79 Å². The molecule has 5 heteroatoms. The second-order valence-electron chi connectivity index (χ2n) is 3.71. The molecule has 0 heterocycles. The molecular weight excluding hydrogens is 230 g/mol. The Labute approximate surface area is 98.0 Å². The number of carbonyl (C=O) groups is 1. The van der Waals surface area contributed by atoms with Crippen molar-refractivity contribution in [3.05, 3.63) is 29.3 Å². The van der Waals surface area contributed by atoms with Gasteiger partial charge in [-0.1, -0.05) is 6.92 Å². The van der Waals surface area contributed by atoms with Crippen molar-refractivity contribution in [1.29, 1.82) is 0 Å². The second-order valence-corrected chi connectivity index (χ2v) is 3.71. The SMILES string of the molecule is CC[C@H](CC(=O)O)c1cc(F)cc(OC)c1F. The second kappa shape index (κ2) is 5.61. The topological polar surface area (TPSA) is 46.5 Å². The van der Waals surface area contributed by atoms with Crippen LogP contribution in [-0.4, -0.2) is 18.2 Å². The van der Waals surface area contributed by atoms with E-state index in [1.54, 1.807) is 6.92 Å². The lowest BCUT2D eigenvalue weighted by molar-refractivity contribution is -0.137. The fourth-order valence-electron chi connectivity index (χ4n) is 1.72. The normalized spacial score (nSPS) is 12.2. The molecule has 0 bridgehead atoms. The molecule has 1 atom stereocenters. The number of benzene rings is 1. The van der Waals surface area contributed by atoms with Crippen LogP contribution in [0.4, 0.5) is 8.78 Å². The largest absolute Gasteiger partial charge is 0.494 e. The lowest BCUT2D eigenvalue weighted by atomic mass is 9.92. The summed E-state index contributed by atoms with van der Waals surface area (Å²) >= 11 is 0. The number of carboxylic acids is 1. The molecule has 1 N–H and O–H groups in total. The van der Waals surface area contributed by atoms with E-state index in [0.29, 0.717) is 6.42 Å². The first-order chi connectivity index (χ1) is 7.99. The first kappa shape index (κ1) is 13.4. The fraction of sp³-hybridized carbons (Fsp3) is 0.417. The summed E-state index contributed by atoms with van der Waals surface area (Å²) in [5, 5.41) is 8.72. The van der Waals surface area contributed by atoms with E-state index in [2.05, 4.69) is 0 Å². The van der Waals surface area contributed by atoms with E-state index in [0.717, 1.165) is 12.1 Å². The van der Waals surface area contributed by atoms with Gasteiger partial charge in [-0.05, 0) is 24.0 Å². The van der Waals surface area contributed by atoms with Crippen molar-refractivity contribution in [2.45, 2.75) is 25.7 Å². The number of carboxylic acid groups (broad SMARTS) is 1. The molecule has 0 spiro atoms. The third-order valence-electron chi connectivity index (χ3n) is 2.61. The molecule has 17 heavy (non-hydrogen) atoms. The van der Waals surface area contributed by atoms with Crippen molar-refractivity contribution in [1.82, 2.24) is 0 Å². The quantitative estimate of drug-likeness (QED) is 0.866. The maximum absolute atomic E-state index is 13.9.